The fraction of sp³-hybridized carbons (Fsp3) is 1.00. The normalized spacial score (nSPS) is 20.1. The molecule has 0 rings (SSSR count). The van der Waals surface area contributed by atoms with Crippen LogP contribution in [0, 0.1) is 0 Å². The standard InChI is InChI=1S/C6H11Br4O3P/c7-1-5(9)3-13-14(11,12)4-6(10)2-8/h5-6H,1-4H2,(H,11,12). The molecule has 14 heavy (non-hydrogen) atoms. The second kappa shape index (κ2) is 8.20. The minimum absolute atomic E-state index is 0.0453. The van der Waals surface area contributed by atoms with Crippen LogP contribution in [0.5, 0.6) is 0 Å². The molecule has 3 unspecified atom stereocenters. The second-order valence-electron chi connectivity index (χ2n) is 2.62. The van der Waals surface area contributed by atoms with Gasteiger partial charge in [-0.3, -0.25) is 4.57 Å². The summed E-state index contributed by atoms with van der Waals surface area (Å²) in [6.45, 7) is 0.223. The zero-order valence-corrected chi connectivity index (χ0v) is 14.4. The predicted molar refractivity (Wildman–Crippen MR) is 73.7 cm³/mol. The van der Waals surface area contributed by atoms with E-state index in [-0.39, 0.29) is 22.4 Å². The van der Waals surface area contributed by atoms with Gasteiger partial charge >= 0.3 is 7.60 Å². The Morgan fingerprint density at radius 1 is 1.21 bits per heavy atom. The van der Waals surface area contributed by atoms with Crippen LogP contribution >= 0.6 is 71.3 Å². The first-order valence-electron chi connectivity index (χ1n) is 3.77. The molecule has 0 aliphatic heterocycles. The molecule has 0 saturated carbocycles. The van der Waals surface area contributed by atoms with Crippen LogP contribution in [0.4, 0.5) is 0 Å². The first-order chi connectivity index (χ1) is 6.41. The van der Waals surface area contributed by atoms with E-state index in [4.69, 9.17) is 4.52 Å². The van der Waals surface area contributed by atoms with Gasteiger partial charge in [0.05, 0.1) is 12.8 Å². The van der Waals surface area contributed by atoms with Crippen molar-refractivity contribution in [3.05, 3.63) is 0 Å². The highest BCUT2D eigenvalue weighted by Crippen LogP contribution is 2.44. The third kappa shape index (κ3) is 8.25. The van der Waals surface area contributed by atoms with Gasteiger partial charge in [-0.25, -0.2) is 0 Å². The minimum atomic E-state index is -3.46. The highest BCUT2D eigenvalue weighted by molar-refractivity contribution is 9.12. The third-order valence-corrected chi connectivity index (χ3v) is 7.71. The van der Waals surface area contributed by atoms with Gasteiger partial charge in [0.1, 0.15) is 0 Å². The summed E-state index contributed by atoms with van der Waals surface area (Å²) in [5.74, 6) is 0. The smallest absolute Gasteiger partial charge is 0.324 e. The molecular formula is C6H11Br4O3P. The number of halogens is 4. The minimum Gasteiger partial charge on any atom is -0.324 e. The maximum atomic E-state index is 11.4. The molecule has 86 valence electrons. The van der Waals surface area contributed by atoms with E-state index in [2.05, 4.69) is 63.7 Å². The van der Waals surface area contributed by atoms with Crippen LogP contribution in [0.1, 0.15) is 0 Å². The Kier molecular flexibility index (Phi) is 9.42. The first kappa shape index (κ1) is 16.1. The zero-order chi connectivity index (χ0) is 11.2. The molecule has 0 fully saturated rings. The highest BCUT2D eigenvalue weighted by atomic mass is 79.9. The van der Waals surface area contributed by atoms with Gasteiger partial charge in [0.25, 0.3) is 0 Å². The Hall–Kier alpha value is 2.07. The molecule has 1 N–H and O–H groups in total. The van der Waals surface area contributed by atoms with E-state index in [0.717, 1.165) is 0 Å². The van der Waals surface area contributed by atoms with Crippen molar-refractivity contribution in [1.29, 1.82) is 0 Å². The highest BCUT2D eigenvalue weighted by Gasteiger charge is 2.24. The van der Waals surface area contributed by atoms with Crippen LogP contribution in [0.3, 0.4) is 0 Å². The Bertz CT molecular complexity index is 204. The van der Waals surface area contributed by atoms with Crippen LogP contribution in [-0.2, 0) is 9.09 Å². The van der Waals surface area contributed by atoms with Crippen LogP contribution in [0.25, 0.3) is 0 Å². The quantitative estimate of drug-likeness (QED) is 0.447. The van der Waals surface area contributed by atoms with Gasteiger partial charge in [0.2, 0.25) is 0 Å². The van der Waals surface area contributed by atoms with Crippen molar-refractivity contribution < 1.29 is 14.0 Å². The molecule has 3 nitrogen and oxygen atoms in total. The molecule has 0 saturated heterocycles. The van der Waals surface area contributed by atoms with Crippen molar-refractivity contribution in [2.24, 2.45) is 0 Å². The summed E-state index contributed by atoms with van der Waals surface area (Å²) in [5, 5.41) is 1.31. The molecule has 0 amide bonds. The molecule has 0 aromatic rings. The van der Waals surface area contributed by atoms with Gasteiger partial charge in [-0.05, 0) is 0 Å². The van der Waals surface area contributed by atoms with Crippen LogP contribution in [0.15, 0.2) is 0 Å². The average Bonchev–Trinajstić information content (AvgIpc) is 2.13. The molecule has 0 spiro atoms. The summed E-state index contributed by atoms with van der Waals surface area (Å²) in [7, 11) is -3.46. The summed E-state index contributed by atoms with van der Waals surface area (Å²) in [6.07, 6.45) is 0.111. The topological polar surface area (TPSA) is 46.5 Å². The maximum Gasteiger partial charge on any atom is 0.329 e. The number of hydrogen-bond acceptors (Lipinski definition) is 2. The van der Waals surface area contributed by atoms with Gasteiger partial charge in [0.15, 0.2) is 0 Å². The molecule has 3 atom stereocenters. The third-order valence-electron chi connectivity index (χ3n) is 1.22. The number of alkyl halides is 4. The Morgan fingerprint density at radius 2 is 1.71 bits per heavy atom. The molecule has 0 aromatic carbocycles. The lowest BCUT2D eigenvalue weighted by atomic mass is 10.5. The van der Waals surface area contributed by atoms with Crippen LogP contribution < -0.4 is 0 Å². The van der Waals surface area contributed by atoms with Crippen molar-refractivity contribution in [1.82, 2.24) is 0 Å². The van der Waals surface area contributed by atoms with E-state index in [0.29, 0.717) is 10.7 Å². The molecular weight excluding hydrogens is 471 g/mol. The predicted octanol–water partition coefficient (Wildman–Crippen LogP) is 3.51. The lowest BCUT2D eigenvalue weighted by Gasteiger charge is -2.15. The van der Waals surface area contributed by atoms with Gasteiger partial charge in [-0.15, -0.1) is 0 Å². The zero-order valence-electron chi connectivity index (χ0n) is 7.21. The Morgan fingerprint density at radius 3 is 2.14 bits per heavy atom. The molecule has 0 aliphatic rings. The molecule has 0 aliphatic carbocycles. The van der Waals surface area contributed by atoms with E-state index in [1.54, 1.807) is 0 Å². The van der Waals surface area contributed by atoms with E-state index in [9.17, 15) is 9.46 Å². The molecule has 0 bridgehead atoms. The van der Waals surface area contributed by atoms with E-state index < -0.39 is 7.60 Å². The van der Waals surface area contributed by atoms with Crippen LogP contribution in [0.2, 0.25) is 0 Å². The summed E-state index contributed by atoms with van der Waals surface area (Å²) >= 11 is 13.0. The maximum absolute atomic E-state index is 11.4. The number of hydrogen-bond donors (Lipinski definition) is 1. The lowest BCUT2D eigenvalue weighted by molar-refractivity contribution is 0.265. The van der Waals surface area contributed by atoms with E-state index in [1.165, 1.54) is 0 Å². The summed E-state index contributed by atoms with van der Waals surface area (Å²) in [5.41, 5.74) is 0. The largest absolute Gasteiger partial charge is 0.329 e. The first-order valence-corrected chi connectivity index (χ1v) is 9.61. The summed E-state index contributed by atoms with van der Waals surface area (Å²) in [6, 6.07) is 0. The van der Waals surface area contributed by atoms with Crippen LogP contribution in [-0.4, -0.2) is 38.0 Å². The fourth-order valence-electron chi connectivity index (χ4n) is 0.594. The molecule has 0 radical (unpaired) electrons. The Labute approximate surface area is 117 Å². The summed E-state index contributed by atoms with van der Waals surface area (Å²) in [4.78, 5) is 9.42. The van der Waals surface area contributed by atoms with E-state index >= 15 is 0 Å². The molecule has 0 aromatic heterocycles. The molecule has 0 heterocycles. The fourth-order valence-corrected chi connectivity index (χ4v) is 3.95. The monoisotopic (exact) mass is 478 g/mol. The average molecular weight is 482 g/mol. The number of rotatable bonds is 7. The van der Waals surface area contributed by atoms with Crippen molar-refractivity contribution in [2.75, 3.05) is 23.4 Å². The van der Waals surface area contributed by atoms with Crippen molar-refractivity contribution in [3.8, 4) is 0 Å². The second-order valence-corrected chi connectivity index (χ2v) is 8.40. The van der Waals surface area contributed by atoms with Crippen molar-refractivity contribution in [2.45, 2.75) is 9.65 Å². The van der Waals surface area contributed by atoms with Crippen molar-refractivity contribution >= 4 is 71.3 Å². The van der Waals surface area contributed by atoms with E-state index in [1.807, 2.05) is 0 Å². The van der Waals surface area contributed by atoms with Crippen molar-refractivity contribution in [3.63, 3.8) is 0 Å². The lowest BCUT2D eigenvalue weighted by Crippen LogP contribution is -2.13. The van der Waals surface area contributed by atoms with Gasteiger partial charge < -0.3 is 9.42 Å². The summed E-state index contributed by atoms with van der Waals surface area (Å²) < 4.78 is 16.4. The van der Waals surface area contributed by atoms with Gasteiger partial charge in [-0.1, -0.05) is 63.7 Å². The van der Waals surface area contributed by atoms with Gasteiger partial charge in [0, 0.05) is 20.3 Å². The Balaban J connectivity index is 3.89. The van der Waals surface area contributed by atoms with Gasteiger partial charge in [-0.2, -0.15) is 0 Å². The SMILES string of the molecule is O=P(O)(CC(Br)CBr)OCC(Br)CBr. The molecule has 8 heteroatoms.